The summed E-state index contributed by atoms with van der Waals surface area (Å²) in [5, 5.41) is 8.48. The Morgan fingerprint density at radius 3 is 2.50 bits per heavy atom. The van der Waals surface area contributed by atoms with Gasteiger partial charge in [0.2, 0.25) is 0 Å². The third-order valence-electron chi connectivity index (χ3n) is 0.614. The van der Waals surface area contributed by atoms with Gasteiger partial charge in [0.1, 0.15) is 0 Å². The van der Waals surface area contributed by atoms with Crippen LogP contribution in [0.1, 0.15) is 0 Å². The molecule has 4 N–H and O–H groups in total. The first-order valence-corrected chi connectivity index (χ1v) is 1.64. The number of hydroxylamine groups is 1. The molecule has 1 aliphatic rings. The smallest absolute Gasteiger partial charge is 0.277 e. The molecule has 0 spiro atoms. The summed E-state index contributed by atoms with van der Waals surface area (Å²) in [5.74, 6) is -1.18. The van der Waals surface area contributed by atoms with Gasteiger partial charge in [-0.2, -0.15) is 0 Å². The molecule has 4 heteroatoms. The number of aliphatic hydroxyl groups is 1. The van der Waals surface area contributed by atoms with Crippen molar-refractivity contribution in [2.24, 2.45) is 5.73 Å². The van der Waals surface area contributed by atoms with Crippen molar-refractivity contribution in [2.75, 3.05) is 6.54 Å². The Hall–Kier alpha value is -0.160. The molecule has 36 valence electrons. The van der Waals surface area contributed by atoms with Gasteiger partial charge in [-0.1, -0.05) is 0 Å². The number of rotatable bonds is 1. The molecule has 1 heterocycles. The highest BCUT2D eigenvalue weighted by molar-refractivity contribution is 4.67. The van der Waals surface area contributed by atoms with Crippen molar-refractivity contribution in [3.63, 3.8) is 0 Å². The molecule has 1 fully saturated rings. The Labute approximate surface area is 34.8 Å². The second-order valence-electron chi connectivity index (χ2n) is 1.19. The van der Waals surface area contributed by atoms with Gasteiger partial charge in [0.25, 0.3) is 5.91 Å². The quantitative estimate of drug-likeness (QED) is 0.329. The van der Waals surface area contributed by atoms with E-state index in [9.17, 15) is 0 Å². The summed E-state index contributed by atoms with van der Waals surface area (Å²) >= 11 is 0. The van der Waals surface area contributed by atoms with Crippen molar-refractivity contribution in [1.82, 2.24) is 5.48 Å². The van der Waals surface area contributed by atoms with Crippen LogP contribution in [-0.4, -0.2) is 17.6 Å². The van der Waals surface area contributed by atoms with Crippen LogP contribution in [0.2, 0.25) is 0 Å². The summed E-state index contributed by atoms with van der Waals surface area (Å²) in [4.78, 5) is 4.23. The van der Waals surface area contributed by atoms with Crippen molar-refractivity contribution < 1.29 is 9.94 Å². The van der Waals surface area contributed by atoms with Gasteiger partial charge in [0, 0.05) is 0 Å². The molecular formula is C2H6N2O2. The van der Waals surface area contributed by atoms with Crippen LogP contribution in [0.3, 0.4) is 0 Å². The largest absolute Gasteiger partial charge is 0.350 e. The van der Waals surface area contributed by atoms with Gasteiger partial charge in [-0.3, -0.25) is 0 Å². The molecule has 0 radical (unpaired) electrons. The fraction of sp³-hybridized carbons (Fsp3) is 1.00. The lowest BCUT2D eigenvalue weighted by Gasteiger charge is -1.88. The van der Waals surface area contributed by atoms with Crippen LogP contribution in [0.25, 0.3) is 0 Å². The first-order chi connectivity index (χ1) is 2.77. The molecule has 0 aromatic heterocycles. The third kappa shape index (κ3) is 0.504. The number of nitrogens with two attached hydrogens (primary N) is 1. The molecule has 1 aliphatic heterocycles. The minimum Gasteiger partial charge on any atom is -0.350 e. The molecule has 1 unspecified atom stereocenters. The lowest BCUT2D eigenvalue weighted by molar-refractivity contribution is 0.0450. The summed E-state index contributed by atoms with van der Waals surface area (Å²) in [6.45, 7) is 0.104. The van der Waals surface area contributed by atoms with Crippen LogP contribution >= 0.6 is 0 Å². The molecule has 0 amide bonds. The second-order valence-corrected chi connectivity index (χ2v) is 1.19. The summed E-state index contributed by atoms with van der Waals surface area (Å²) in [6, 6.07) is 0. The molecular weight excluding hydrogens is 84.0 g/mol. The van der Waals surface area contributed by atoms with Gasteiger partial charge in [-0.15, -0.1) is 5.48 Å². The fourth-order valence-corrected chi connectivity index (χ4v) is 0.142. The van der Waals surface area contributed by atoms with E-state index in [1.54, 1.807) is 0 Å². The van der Waals surface area contributed by atoms with Crippen LogP contribution in [0, 0.1) is 0 Å². The lowest BCUT2D eigenvalue weighted by atomic mass is 10.6. The van der Waals surface area contributed by atoms with Crippen molar-refractivity contribution in [3.8, 4) is 0 Å². The molecule has 6 heavy (non-hydrogen) atoms. The maximum Gasteiger partial charge on any atom is 0.277 e. The van der Waals surface area contributed by atoms with E-state index < -0.39 is 5.91 Å². The SMILES string of the molecule is NCC1(O)NO1. The van der Waals surface area contributed by atoms with E-state index in [1.165, 1.54) is 0 Å². The highest BCUT2D eigenvalue weighted by Gasteiger charge is 2.40. The Kier molecular flexibility index (Phi) is 0.611. The first kappa shape index (κ1) is 4.01. The highest BCUT2D eigenvalue weighted by Crippen LogP contribution is 2.10. The fourth-order valence-electron chi connectivity index (χ4n) is 0.142. The van der Waals surface area contributed by atoms with E-state index in [-0.39, 0.29) is 6.54 Å². The number of nitrogens with one attached hydrogen (secondary N) is 1. The van der Waals surface area contributed by atoms with E-state index in [4.69, 9.17) is 10.8 Å². The zero-order valence-electron chi connectivity index (χ0n) is 3.14. The molecule has 0 aliphatic carbocycles. The predicted molar refractivity (Wildman–Crippen MR) is 18.2 cm³/mol. The molecule has 1 rings (SSSR count). The standard InChI is InChI=1S/C2H6N2O2/c3-1-2(5)4-6-2/h4-5H,1,3H2. The first-order valence-electron chi connectivity index (χ1n) is 1.64. The van der Waals surface area contributed by atoms with E-state index in [2.05, 4.69) is 10.3 Å². The average molecular weight is 90.1 g/mol. The van der Waals surface area contributed by atoms with E-state index in [1.807, 2.05) is 0 Å². The van der Waals surface area contributed by atoms with Gasteiger partial charge in [0.05, 0.1) is 6.54 Å². The number of hydrogen-bond donors (Lipinski definition) is 3. The van der Waals surface area contributed by atoms with Gasteiger partial charge in [0.15, 0.2) is 0 Å². The molecule has 4 nitrogen and oxygen atoms in total. The topological polar surface area (TPSA) is 80.7 Å². The van der Waals surface area contributed by atoms with Crippen LogP contribution in [-0.2, 0) is 4.84 Å². The molecule has 0 aromatic rings. The van der Waals surface area contributed by atoms with Crippen molar-refractivity contribution in [1.29, 1.82) is 0 Å². The number of hydrogen-bond acceptors (Lipinski definition) is 4. The molecule has 0 saturated carbocycles. The highest BCUT2D eigenvalue weighted by atomic mass is 16.9. The van der Waals surface area contributed by atoms with Crippen molar-refractivity contribution in [2.45, 2.75) is 5.91 Å². The zero-order chi connectivity index (χ0) is 4.62. The van der Waals surface area contributed by atoms with Crippen molar-refractivity contribution >= 4 is 0 Å². The average Bonchev–Trinajstić information content (AvgIpc) is 2.22. The third-order valence-corrected chi connectivity index (χ3v) is 0.614. The van der Waals surface area contributed by atoms with Crippen LogP contribution < -0.4 is 11.2 Å². The van der Waals surface area contributed by atoms with Crippen molar-refractivity contribution in [3.05, 3.63) is 0 Å². The van der Waals surface area contributed by atoms with Gasteiger partial charge >= 0.3 is 0 Å². The maximum absolute atomic E-state index is 8.48. The Morgan fingerprint density at radius 1 is 2.00 bits per heavy atom. The normalized spacial score (nSPS) is 43.0. The zero-order valence-corrected chi connectivity index (χ0v) is 3.14. The van der Waals surface area contributed by atoms with E-state index in [0.717, 1.165) is 0 Å². The van der Waals surface area contributed by atoms with Gasteiger partial charge < -0.3 is 10.8 Å². The summed E-state index contributed by atoms with van der Waals surface area (Å²) in [7, 11) is 0. The Morgan fingerprint density at radius 2 is 2.50 bits per heavy atom. The molecule has 0 aromatic carbocycles. The van der Waals surface area contributed by atoms with Crippen LogP contribution in [0.15, 0.2) is 0 Å². The van der Waals surface area contributed by atoms with Crippen LogP contribution in [0.5, 0.6) is 0 Å². The second kappa shape index (κ2) is 0.913. The van der Waals surface area contributed by atoms with Gasteiger partial charge in [-0.05, 0) is 0 Å². The summed E-state index contributed by atoms with van der Waals surface area (Å²) < 4.78 is 0. The molecule has 0 bridgehead atoms. The minimum atomic E-state index is -1.18. The van der Waals surface area contributed by atoms with E-state index >= 15 is 0 Å². The predicted octanol–water partition coefficient (Wildman–Crippen LogP) is -1.87. The monoisotopic (exact) mass is 90.0 g/mol. The summed E-state index contributed by atoms with van der Waals surface area (Å²) in [6.07, 6.45) is 0. The summed E-state index contributed by atoms with van der Waals surface area (Å²) in [5.41, 5.74) is 7.12. The Balaban J connectivity index is 2.28. The van der Waals surface area contributed by atoms with Crippen LogP contribution in [0.4, 0.5) is 0 Å². The maximum atomic E-state index is 8.48. The van der Waals surface area contributed by atoms with Gasteiger partial charge in [-0.25, -0.2) is 4.84 Å². The molecule has 1 saturated heterocycles. The Bertz CT molecular complexity index is 60.6. The lowest BCUT2D eigenvalue weighted by Crippen LogP contribution is -2.25. The van der Waals surface area contributed by atoms with E-state index in [0.29, 0.717) is 0 Å². The minimum absolute atomic E-state index is 0.104. The molecule has 1 atom stereocenters.